The predicted molar refractivity (Wildman–Crippen MR) is 50.4 cm³/mol. The Labute approximate surface area is 77.2 Å². The standard InChI is InChI=1S/C8H11NO2.ClH/c1-5(10)7-3-2-6(11)4-8(7)9;/h2-5,10-11H,9H2,1H3;1H. The number of nitrogen functional groups attached to an aromatic ring is 1. The summed E-state index contributed by atoms with van der Waals surface area (Å²) < 4.78 is 0. The number of phenols is 1. The summed E-state index contributed by atoms with van der Waals surface area (Å²) >= 11 is 0. The third-order valence-electron chi connectivity index (χ3n) is 1.52. The zero-order valence-electron chi connectivity index (χ0n) is 6.69. The number of nitrogens with two attached hydrogens (primary N) is 1. The second kappa shape index (κ2) is 4.18. The molecule has 1 unspecified atom stereocenters. The molecule has 0 bridgehead atoms. The van der Waals surface area contributed by atoms with Crippen molar-refractivity contribution in [2.45, 2.75) is 13.0 Å². The van der Waals surface area contributed by atoms with Gasteiger partial charge < -0.3 is 15.9 Å². The van der Waals surface area contributed by atoms with E-state index in [1.54, 1.807) is 13.0 Å². The van der Waals surface area contributed by atoms with Crippen molar-refractivity contribution < 1.29 is 10.2 Å². The number of hydrogen-bond donors (Lipinski definition) is 3. The lowest BCUT2D eigenvalue weighted by molar-refractivity contribution is 0.200. The number of halogens is 1. The molecule has 1 rings (SSSR count). The summed E-state index contributed by atoms with van der Waals surface area (Å²) in [6, 6.07) is 4.52. The molecule has 1 aromatic carbocycles. The maximum absolute atomic E-state index is 9.13. The summed E-state index contributed by atoms with van der Waals surface area (Å²) in [5.74, 6) is 0.118. The van der Waals surface area contributed by atoms with Gasteiger partial charge in [-0.2, -0.15) is 0 Å². The number of rotatable bonds is 1. The van der Waals surface area contributed by atoms with Gasteiger partial charge in [0.1, 0.15) is 5.75 Å². The predicted octanol–water partition coefficient (Wildman–Crippen LogP) is 1.45. The molecular weight excluding hydrogens is 178 g/mol. The third kappa shape index (κ3) is 2.29. The van der Waals surface area contributed by atoms with Crippen LogP contribution >= 0.6 is 12.4 Å². The highest BCUT2D eigenvalue weighted by Gasteiger charge is 2.04. The second-order valence-corrected chi connectivity index (χ2v) is 2.49. The van der Waals surface area contributed by atoms with Gasteiger partial charge in [-0.1, -0.05) is 6.07 Å². The fourth-order valence-corrected chi connectivity index (χ4v) is 0.943. The van der Waals surface area contributed by atoms with Crippen LogP contribution in [-0.4, -0.2) is 10.2 Å². The van der Waals surface area contributed by atoms with E-state index in [2.05, 4.69) is 0 Å². The summed E-state index contributed by atoms with van der Waals surface area (Å²) in [6.45, 7) is 1.63. The Bertz CT molecular complexity index is 263. The van der Waals surface area contributed by atoms with Gasteiger partial charge in [-0.05, 0) is 13.0 Å². The van der Waals surface area contributed by atoms with E-state index < -0.39 is 6.10 Å². The van der Waals surface area contributed by atoms with Gasteiger partial charge in [-0.25, -0.2) is 0 Å². The van der Waals surface area contributed by atoms with E-state index in [4.69, 9.17) is 15.9 Å². The number of phenolic OH excluding ortho intramolecular Hbond substituents is 1. The maximum Gasteiger partial charge on any atom is 0.117 e. The van der Waals surface area contributed by atoms with Crippen molar-refractivity contribution >= 4 is 18.1 Å². The van der Waals surface area contributed by atoms with E-state index in [1.165, 1.54) is 12.1 Å². The Morgan fingerprint density at radius 3 is 2.42 bits per heavy atom. The van der Waals surface area contributed by atoms with Gasteiger partial charge in [-0.15, -0.1) is 12.4 Å². The van der Waals surface area contributed by atoms with Crippen molar-refractivity contribution in [2.24, 2.45) is 0 Å². The van der Waals surface area contributed by atoms with Crippen LogP contribution < -0.4 is 5.73 Å². The number of aliphatic hydroxyl groups excluding tert-OH is 1. The molecule has 1 atom stereocenters. The van der Waals surface area contributed by atoms with Crippen LogP contribution in [0.3, 0.4) is 0 Å². The summed E-state index contributed by atoms with van der Waals surface area (Å²) in [5.41, 5.74) is 6.56. The van der Waals surface area contributed by atoms with Crippen molar-refractivity contribution in [1.29, 1.82) is 0 Å². The topological polar surface area (TPSA) is 66.5 Å². The number of aromatic hydroxyl groups is 1. The van der Waals surface area contributed by atoms with E-state index in [0.29, 0.717) is 11.3 Å². The molecule has 0 spiro atoms. The zero-order chi connectivity index (χ0) is 8.43. The molecule has 0 fully saturated rings. The lowest BCUT2D eigenvalue weighted by Gasteiger charge is -2.07. The van der Waals surface area contributed by atoms with Crippen LogP contribution in [0.2, 0.25) is 0 Å². The smallest absolute Gasteiger partial charge is 0.117 e. The molecule has 1 aromatic rings. The van der Waals surface area contributed by atoms with Crippen LogP contribution in [0.1, 0.15) is 18.6 Å². The molecule has 0 saturated carbocycles. The van der Waals surface area contributed by atoms with E-state index in [9.17, 15) is 0 Å². The number of aliphatic hydroxyl groups is 1. The van der Waals surface area contributed by atoms with E-state index >= 15 is 0 Å². The van der Waals surface area contributed by atoms with Crippen molar-refractivity contribution in [3.8, 4) is 5.75 Å². The molecule has 0 aliphatic carbocycles. The maximum atomic E-state index is 9.13. The molecule has 4 N–H and O–H groups in total. The van der Waals surface area contributed by atoms with Crippen LogP contribution in [0, 0.1) is 0 Å². The highest BCUT2D eigenvalue weighted by Crippen LogP contribution is 2.23. The normalized spacial score (nSPS) is 11.8. The summed E-state index contributed by atoms with van der Waals surface area (Å²) in [4.78, 5) is 0. The Balaban J connectivity index is 0.00000121. The molecule has 68 valence electrons. The van der Waals surface area contributed by atoms with Gasteiger partial charge in [-0.3, -0.25) is 0 Å². The van der Waals surface area contributed by atoms with Crippen LogP contribution in [0.4, 0.5) is 5.69 Å². The van der Waals surface area contributed by atoms with Crippen molar-refractivity contribution in [2.75, 3.05) is 5.73 Å². The molecular formula is C8H12ClNO2. The number of anilines is 1. The fourth-order valence-electron chi connectivity index (χ4n) is 0.943. The first-order valence-corrected chi connectivity index (χ1v) is 3.37. The highest BCUT2D eigenvalue weighted by atomic mass is 35.5. The minimum atomic E-state index is -0.587. The molecule has 0 radical (unpaired) electrons. The van der Waals surface area contributed by atoms with Crippen LogP contribution in [0.25, 0.3) is 0 Å². The van der Waals surface area contributed by atoms with Crippen LogP contribution in [0.15, 0.2) is 18.2 Å². The minimum Gasteiger partial charge on any atom is -0.508 e. The zero-order valence-corrected chi connectivity index (χ0v) is 7.51. The van der Waals surface area contributed by atoms with Gasteiger partial charge in [0.05, 0.1) is 6.10 Å². The lowest BCUT2D eigenvalue weighted by Crippen LogP contribution is -1.97. The minimum absolute atomic E-state index is 0. The Hall–Kier alpha value is -0.930. The monoisotopic (exact) mass is 189 g/mol. The Kier molecular flexibility index (Phi) is 3.86. The van der Waals surface area contributed by atoms with Crippen LogP contribution in [-0.2, 0) is 0 Å². The molecule has 0 amide bonds. The van der Waals surface area contributed by atoms with Gasteiger partial charge in [0.15, 0.2) is 0 Å². The first-order valence-electron chi connectivity index (χ1n) is 3.37. The quantitative estimate of drug-likeness (QED) is 0.586. The number of hydrogen-bond acceptors (Lipinski definition) is 3. The summed E-state index contributed by atoms with van der Waals surface area (Å²) in [5, 5.41) is 18.1. The Morgan fingerprint density at radius 2 is 2.00 bits per heavy atom. The molecule has 4 heteroatoms. The average Bonchev–Trinajstić information content (AvgIpc) is 1.85. The first-order chi connectivity index (χ1) is 5.11. The Morgan fingerprint density at radius 1 is 1.42 bits per heavy atom. The number of benzene rings is 1. The van der Waals surface area contributed by atoms with Crippen molar-refractivity contribution in [1.82, 2.24) is 0 Å². The highest BCUT2D eigenvalue weighted by molar-refractivity contribution is 5.85. The summed E-state index contributed by atoms with van der Waals surface area (Å²) in [7, 11) is 0. The fraction of sp³-hybridized carbons (Fsp3) is 0.250. The largest absolute Gasteiger partial charge is 0.508 e. The third-order valence-corrected chi connectivity index (χ3v) is 1.52. The SMILES string of the molecule is CC(O)c1ccc(O)cc1N.Cl. The second-order valence-electron chi connectivity index (χ2n) is 2.49. The van der Waals surface area contributed by atoms with Gasteiger partial charge in [0.25, 0.3) is 0 Å². The van der Waals surface area contributed by atoms with E-state index in [-0.39, 0.29) is 18.2 Å². The first kappa shape index (κ1) is 11.1. The van der Waals surface area contributed by atoms with Crippen LogP contribution in [0.5, 0.6) is 5.75 Å². The summed E-state index contributed by atoms with van der Waals surface area (Å²) in [6.07, 6.45) is -0.587. The molecule has 0 aliphatic heterocycles. The van der Waals surface area contributed by atoms with Crippen molar-refractivity contribution in [3.05, 3.63) is 23.8 Å². The van der Waals surface area contributed by atoms with E-state index in [1.807, 2.05) is 0 Å². The van der Waals surface area contributed by atoms with Crippen molar-refractivity contribution in [3.63, 3.8) is 0 Å². The van der Waals surface area contributed by atoms with E-state index in [0.717, 1.165) is 0 Å². The van der Waals surface area contributed by atoms with Gasteiger partial charge >= 0.3 is 0 Å². The van der Waals surface area contributed by atoms with Gasteiger partial charge in [0, 0.05) is 17.3 Å². The molecule has 0 heterocycles. The van der Waals surface area contributed by atoms with Gasteiger partial charge in [0.2, 0.25) is 0 Å². The molecule has 0 aromatic heterocycles. The lowest BCUT2D eigenvalue weighted by atomic mass is 10.1. The average molecular weight is 190 g/mol. The molecule has 0 aliphatic rings. The molecule has 3 nitrogen and oxygen atoms in total. The molecule has 0 saturated heterocycles. The molecule has 12 heavy (non-hydrogen) atoms.